The molecular formula is C28H21ClN2O3. The summed E-state index contributed by atoms with van der Waals surface area (Å²) in [5, 5.41) is 0.495. The van der Waals surface area contributed by atoms with Crippen LogP contribution >= 0.6 is 11.6 Å². The molecule has 5 nitrogen and oxygen atoms in total. The third kappa shape index (κ3) is 4.02. The lowest BCUT2D eigenvalue weighted by molar-refractivity contribution is 0.0456. The van der Waals surface area contributed by atoms with Crippen molar-refractivity contribution in [3.8, 4) is 22.6 Å². The standard InChI is InChI=1S/C28H21ClN2O3/c1-33-25-17-9-13-21(26(25)29)20-12-5-7-15-23(20)31-24-16-8-6-14-22(24)30-27(31)28(32)34-18-19-10-3-2-4-11-19/h2-17H,18H2,1H3. The van der Waals surface area contributed by atoms with Crippen LogP contribution in [-0.4, -0.2) is 22.6 Å². The molecule has 0 N–H and O–H groups in total. The zero-order chi connectivity index (χ0) is 23.5. The van der Waals surface area contributed by atoms with Crippen LogP contribution in [0.2, 0.25) is 5.02 Å². The number of para-hydroxylation sites is 3. The summed E-state index contributed by atoms with van der Waals surface area (Å²) in [5.41, 5.74) is 4.78. The van der Waals surface area contributed by atoms with Gasteiger partial charge in [-0.2, -0.15) is 0 Å². The number of hydrogen-bond acceptors (Lipinski definition) is 4. The molecule has 0 bridgehead atoms. The molecule has 0 aliphatic rings. The van der Waals surface area contributed by atoms with Gasteiger partial charge >= 0.3 is 5.97 Å². The van der Waals surface area contributed by atoms with Gasteiger partial charge in [0, 0.05) is 11.1 Å². The highest BCUT2D eigenvalue weighted by molar-refractivity contribution is 6.35. The Morgan fingerprint density at radius 2 is 1.56 bits per heavy atom. The summed E-state index contributed by atoms with van der Waals surface area (Å²) in [4.78, 5) is 17.9. The number of carbonyl (C=O) groups is 1. The largest absolute Gasteiger partial charge is 0.495 e. The summed E-state index contributed by atoms with van der Waals surface area (Å²) in [6.07, 6.45) is 0. The molecule has 0 amide bonds. The van der Waals surface area contributed by atoms with Gasteiger partial charge in [-0.05, 0) is 29.8 Å². The summed E-state index contributed by atoms with van der Waals surface area (Å²) >= 11 is 6.67. The Morgan fingerprint density at radius 3 is 2.38 bits per heavy atom. The van der Waals surface area contributed by atoms with Gasteiger partial charge in [0.2, 0.25) is 5.82 Å². The molecule has 0 aliphatic heterocycles. The molecule has 1 heterocycles. The molecule has 0 saturated heterocycles. The Hall–Kier alpha value is -4.09. The molecule has 1 aromatic heterocycles. The molecule has 5 aromatic rings. The third-order valence-electron chi connectivity index (χ3n) is 5.57. The summed E-state index contributed by atoms with van der Waals surface area (Å²) in [6, 6.07) is 30.6. The van der Waals surface area contributed by atoms with E-state index in [-0.39, 0.29) is 12.4 Å². The highest BCUT2D eigenvalue weighted by Crippen LogP contribution is 2.39. The summed E-state index contributed by atoms with van der Waals surface area (Å²) < 4.78 is 12.9. The molecule has 4 aromatic carbocycles. The van der Waals surface area contributed by atoms with E-state index < -0.39 is 5.97 Å². The van der Waals surface area contributed by atoms with Gasteiger partial charge in [0.15, 0.2) is 0 Å². The van der Waals surface area contributed by atoms with Crippen LogP contribution in [0.5, 0.6) is 5.75 Å². The van der Waals surface area contributed by atoms with E-state index in [1.54, 1.807) is 7.11 Å². The maximum absolute atomic E-state index is 13.2. The number of ether oxygens (including phenoxy) is 2. The second-order valence-electron chi connectivity index (χ2n) is 7.66. The van der Waals surface area contributed by atoms with Crippen molar-refractivity contribution in [3.63, 3.8) is 0 Å². The Morgan fingerprint density at radius 1 is 0.853 bits per heavy atom. The van der Waals surface area contributed by atoms with E-state index in [4.69, 9.17) is 21.1 Å². The maximum atomic E-state index is 13.2. The molecule has 0 aliphatic carbocycles. The number of methoxy groups -OCH3 is 1. The van der Waals surface area contributed by atoms with Crippen molar-refractivity contribution in [2.75, 3.05) is 7.11 Å². The monoisotopic (exact) mass is 468 g/mol. The molecule has 0 spiro atoms. The predicted octanol–water partition coefficient (Wildman–Crippen LogP) is 6.71. The molecule has 6 heteroatoms. The van der Waals surface area contributed by atoms with Crippen LogP contribution in [0.1, 0.15) is 16.2 Å². The molecule has 0 radical (unpaired) electrons. The van der Waals surface area contributed by atoms with Gasteiger partial charge < -0.3 is 9.47 Å². The minimum Gasteiger partial charge on any atom is -0.495 e. The maximum Gasteiger partial charge on any atom is 0.375 e. The molecular weight excluding hydrogens is 448 g/mol. The van der Waals surface area contributed by atoms with E-state index in [0.717, 1.165) is 27.9 Å². The number of fused-ring (bicyclic) bond motifs is 1. The van der Waals surface area contributed by atoms with Gasteiger partial charge in [-0.1, -0.05) is 84.4 Å². The predicted molar refractivity (Wildman–Crippen MR) is 134 cm³/mol. The van der Waals surface area contributed by atoms with Gasteiger partial charge in [-0.25, -0.2) is 9.78 Å². The molecule has 34 heavy (non-hydrogen) atoms. The zero-order valence-corrected chi connectivity index (χ0v) is 19.2. The minimum atomic E-state index is -0.508. The third-order valence-corrected chi connectivity index (χ3v) is 5.96. The average Bonchev–Trinajstić information content (AvgIpc) is 3.28. The normalized spacial score (nSPS) is 10.9. The number of halogens is 1. The first-order valence-electron chi connectivity index (χ1n) is 10.8. The van der Waals surface area contributed by atoms with Crippen LogP contribution in [0.3, 0.4) is 0 Å². The number of esters is 1. The Bertz CT molecular complexity index is 1480. The number of aromatic nitrogens is 2. The number of hydrogen-bond donors (Lipinski definition) is 0. The fraction of sp³-hybridized carbons (Fsp3) is 0.0714. The highest BCUT2D eigenvalue weighted by atomic mass is 35.5. The van der Waals surface area contributed by atoms with Gasteiger partial charge in [0.25, 0.3) is 0 Å². The second-order valence-corrected chi connectivity index (χ2v) is 8.04. The first-order valence-corrected chi connectivity index (χ1v) is 11.2. The lowest BCUT2D eigenvalue weighted by Crippen LogP contribution is -2.13. The van der Waals surface area contributed by atoms with Crippen molar-refractivity contribution in [1.29, 1.82) is 0 Å². The van der Waals surface area contributed by atoms with Crippen molar-refractivity contribution in [3.05, 3.63) is 113 Å². The van der Waals surface area contributed by atoms with Crippen molar-refractivity contribution in [2.45, 2.75) is 6.61 Å². The SMILES string of the molecule is COc1cccc(-c2ccccc2-n2c(C(=O)OCc3ccccc3)nc3ccccc32)c1Cl. The quantitative estimate of drug-likeness (QED) is 0.260. The number of nitrogens with zero attached hydrogens (tertiary/aromatic N) is 2. The first-order chi connectivity index (χ1) is 16.7. The number of imidazole rings is 1. The van der Waals surface area contributed by atoms with Crippen LogP contribution < -0.4 is 4.74 Å². The number of carbonyl (C=O) groups excluding carboxylic acids is 1. The van der Waals surface area contributed by atoms with Gasteiger partial charge in [0.05, 0.1) is 28.9 Å². The molecule has 0 fully saturated rings. The molecule has 0 unspecified atom stereocenters. The van der Waals surface area contributed by atoms with Crippen LogP contribution in [0, 0.1) is 0 Å². The van der Waals surface area contributed by atoms with Crippen molar-refractivity contribution >= 4 is 28.6 Å². The van der Waals surface area contributed by atoms with Crippen LogP contribution in [0.4, 0.5) is 0 Å². The van der Waals surface area contributed by atoms with Crippen molar-refractivity contribution < 1.29 is 14.3 Å². The lowest BCUT2D eigenvalue weighted by atomic mass is 10.0. The van der Waals surface area contributed by atoms with Crippen molar-refractivity contribution in [2.24, 2.45) is 0 Å². The topological polar surface area (TPSA) is 53.4 Å². The summed E-state index contributed by atoms with van der Waals surface area (Å²) in [6.45, 7) is 0.159. The fourth-order valence-corrected chi connectivity index (χ4v) is 4.27. The number of benzene rings is 4. The number of rotatable bonds is 6. The van der Waals surface area contributed by atoms with E-state index in [9.17, 15) is 4.79 Å². The summed E-state index contributed by atoms with van der Waals surface area (Å²) in [7, 11) is 1.58. The second kappa shape index (κ2) is 9.41. The Kier molecular flexibility index (Phi) is 6.02. The van der Waals surface area contributed by atoms with E-state index in [2.05, 4.69) is 4.98 Å². The summed E-state index contributed by atoms with van der Waals surface area (Å²) in [5.74, 6) is 0.266. The molecule has 0 saturated carbocycles. The zero-order valence-electron chi connectivity index (χ0n) is 18.4. The van der Waals surface area contributed by atoms with Crippen LogP contribution in [0.15, 0.2) is 97.1 Å². The lowest BCUT2D eigenvalue weighted by Gasteiger charge is -2.16. The van der Waals surface area contributed by atoms with E-state index in [0.29, 0.717) is 16.3 Å². The highest BCUT2D eigenvalue weighted by Gasteiger charge is 2.23. The van der Waals surface area contributed by atoms with Crippen LogP contribution in [0.25, 0.3) is 27.8 Å². The van der Waals surface area contributed by atoms with Crippen molar-refractivity contribution in [1.82, 2.24) is 9.55 Å². The van der Waals surface area contributed by atoms with Gasteiger partial charge in [0.1, 0.15) is 12.4 Å². The Balaban J connectivity index is 1.65. The molecule has 0 atom stereocenters. The van der Waals surface area contributed by atoms with E-state index >= 15 is 0 Å². The fourth-order valence-electron chi connectivity index (χ4n) is 3.97. The smallest absolute Gasteiger partial charge is 0.375 e. The first kappa shape index (κ1) is 21.7. The molecule has 5 rings (SSSR count). The van der Waals surface area contributed by atoms with Crippen LogP contribution in [-0.2, 0) is 11.3 Å². The van der Waals surface area contributed by atoms with E-state index in [1.807, 2.05) is 102 Å². The van der Waals surface area contributed by atoms with Gasteiger partial charge in [-0.3, -0.25) is 4.57 Å². The van der Waals surface area contributed by atoms with E-state index in [1.165, 1.54) is 0 Å². The molecule has 168 valence electrons. The Labute approximate surface area is 202 Å². The van der Waals surface area contributed by atoms with Gasteiger partial charge in [-0.15, -0.1) is 0 Å². The minimum absolute atomic E-state index is 0.159. The average molecular weight is 469 g/mol.